The van der Waals surface area contributed by atoms with Gasteiger partial charge < -0.3 is 14.8 Å². The predicted molar refractivity (Wildman–Crippen MR) is 87.5 cm³/mol. The number of aryl methyl sites for hydroxylation is 1. The molecule has 24 heavy (non-hydrogen) atoms. The molecule has 1 amide bonds. The summed E-state index contributed by atoms with van der Waals surface area (Å²) in [6, 6.07) is 5.54. The van der Waals surface area contributed by atoms with E-state index in [0.717, 1.165) is 24.2 Å². The Balaban J connectivity index is 1.61. The molecule has 7 nitrogen and oxygen atoms in total. The van der Waals surface area contributed by atoms with Crippen LogP contribution in [-0.2, 0) is 22.5 Å². The van der Waals surface area contributed by atoms with Crippen molar-refractivity contribution in [2.24, 2.45) is 0 Å². The molecule has 0 aliphatic carbocycles. The molecule has 7 heteroatoms. The Bertz CT molecular complexity index is 659. The number of carbonyl (C=O) groups is 1. The molecule has 128 valence electrons. The number of aromatic amines is 1. The van der Waals surface area contributed by atoms with Crippen LogP contribution in [0, 0.1) is 0 Å². The SMILES string of the molecule is CCc1[nH]ncc1C(=O)N[C@H]1COCC[C@@H]1OCc1ccccn1. The van der Waals surface area contributed by atoms with Crippen LogP contribution in [0.4, 0.5) is 0 Å². The molecule has 0 aromatic carbocycles. The topological polar surface area (TPSA) is 89.1 Å². The molecule has 1 saturated heterocycles. The van der Waals surface area contributed by atoms with Crippen LogP contribution in [0.3, 0.4) is 0 Å². The van der Waals surface area contributed by atoms with E-state index >= 15 is 0 Å². The number of pyridine rings is 1. The number of H-pyrrole nitrogens is 1. The monoisotopic (exact) mass is 330 g/mol. The van der Waals surface area contributed by atoms with E-state index in [4.69, 9.17) is 9.47 Å². The first-order chi connectivity index (χ1) is 11.8. The Hall–Kier alpha value is -2.25. The molecule has 3 heterocycles. The van der Waals surface area contributed by atoms with Crippen molar-refractivity contribution in [3.63, 3.8) is 0 Å². The largest absolute Gasteiger partial charge is 0.379 e. The summed E-state index contributed by atoms with van der Waals surface area (Å²) in [6.07, 6.45) is 4.67. The molecule has 0 spiro atoms. The maximum atomic E-state index is 12.5. The highest BCUT2D eigenvalue weighted by Crippen LogP contribution is 2.15. The van der Waals surface area contributed by atoms with Crippen LogP contribution in [0.1, 0.15) is 35.1 Å². The number of hydrogen-bond donors (Lipinski definition) is 2. The summed E-state index contributed by atoms with van der Waals surface area (Å²) in [5.41, 5.74) is 2.28. The average molecular weight is 330 g/mol. The molecule has 1 aliphatic heterocycles. The number of hydrogen-bond acceptors (Lipinski definition) is 5. The van der Waals surface area contributed by atoms with Crippen LogP contribution in [-0.4, -0.2) is 46.4 Å². The lowest BCUT2D eigenvalue weighted by atomic mass is 10.1. The van der Waals surface area contributed by atoms with Crippen molar-refractivity contribution < 1.29 is 14.3 Å². The quantitative estimate of drug-likeness (QED) is 0.837. The summed E-state index contributed by atoms with van der Waals surface area (Å²) in [5, 5.41) is 9.81. The van der Waals surface area contributed by atoms with Gasteiger partial charge in [-0.15, -0.1) is 0 Å². The van der Waals surface area contributed by atoms with Gasteiger partial charge >= 0.3 is 0 Å². The number of rotatable bonds is 6. The van der Waals surface area contributed by atoms with Crippen LogP contribution in [0.2, 0.25) is 0 Å². The van der Waals surface area contributed by atoms with Gasteiger partial charge in [0.05, 0.1) is 42.8 Å². The van der Waals surface area contributed by atoms with E-state index in [0.29, 0.717) is 25.4 Å². The highest BCUT2D eigenvalue weighted by atomic mass is 16.5. The maximum absolute atomic E-state index is 12.5. The second kappa shape index (κ2) is 8.03. The predicted octanol–water partition coefficient (Wildman–Crippen LogP) is 1.47. The summed E-state index contributed by atoms with van der Waals surface area (Å²) >= 11 is 0. The Morgan fingerprint density at radius 2 is 2.42 bits per heavy atom. The third-order valence-electron chi connectivity index (χ3n) is 4.10. The van der Waals surface area contributed by atoms with Crippen molar-refractivity contribution in [2.45, 2.75) is 38.5 Å². The molecular weight excluding hydrogens is 308 g/mol. The molecule has 3 rings (SSSR count). The Labute approximate surface area is 140 Å². The van der Waals surface area contributed by atoms with Crippen molar-refractivity contribution in [3.05, 3.63) is 47.5 Å². The van der Waals surface area contributed by atoms with Crippen LogP contribution in [0.15, 0.2) is 30.6 Å². The number of nitrogens with one attached hydrogen (secondary N) is 2. The summed E-state index contributed by atoms with van der Waals surface area (Å²) in [4.78, 5) is 16.7. The molecule has 0 unspecified atom stereocenters. The third kappa shape index (κ3) is 3.98. The van der Waals surface area contributed by atoms with Gasteiger partial charge in [0.15, 0.2) is 0 Å². The normalized spacial score (nSPS) is 20.7. The molecule has 1 fully saturated rings. The van der Waals surface area contributed by atoms with E-state index in [9.17, 15) is 4.79 Å². The lowest BCUT2D eigenvalue weighted by molar-refractivity contribution is -0.0612. The fourth-order valence-corrected chi connectivity index (χ4v) is 2.75. The van der Waals surface area contributed by atoms with Gasteiger partial charge in [0.2, 0.25) is 0 Å². The number of aromatic nitrogens is 3. The van der Waals surface area contributed by atoms with Gasteiger partial charge in [-0.05, 0) is 25.0 Å². The molecule has 0 radical (unpaired) electrons. The Morgan fingerprint density at radius 3 is 3.21 bits per heavy atom. The van der Waals surface area contributed by atoms with E-state index in [2.05, 4.69) is 20.5 Å². The average Bonchev–Trinajstić information content (AvgIpc) is 3.11. The van der Waals surface area contributed by atoms with Crippen molar-refractivity contribution in [1.29, 1.82) is 0 Å². The van der Waals surface area contributed by atoms with Gasteiger partial charge in [0.25, 0.3) is 5.91 Å². The minimum absolute atomic E-state index is 0.0957. The van der Waals surface area contributed by atoms with E-state index in [1.54, 1.807) is 12.4 Å². The zero-order valence-corrected chi connectivity index (χ0v) is 13.7. The summed E-state index contributed by atoms with van der Waals surface area (Å²) in [7, 11) is 0. The Morgan fingerprint density at radius 1 is 1.50 bits per heavy atom. The lowest BCUT2D eigenvalue weighted by Gasteiger charge is -2.32. The standard InChI is InChI=1S/C17H22N4O3/c1-2-14-13(9-19-21-14)17(22)20-15-11-23-8-6-16(15)24-10-12-5-3-4-7-18-12/h3-5,7,9,15-16H,2,6,8,10-11H2,1H3,(H,19,21)(H,20,22)/t15-,16-/m0/s1. The fourth-order valence-electron chi connectivity index (χ4n) is 2.75. The highest BCUT2D eigenvalue weighted by Gasteiger charge is 2.29. The van der Waals surface area contributed by atoms with E-state index in [-0.39, 0.29) is 18.1 Å². The molecule has 2 aromatic heterocycles. The van der Waals surface area contributed by atoms with Crippen molar-refractivity contribution >= 4 is 5.91 Å². The van der Waals surface area contributed by atoms with Gasteiger partial charge in [0.1, 0.15) is 0 Å². The third-order valence-corrected chi connectivity index (χ3v) is 4.10. The first-order valence-electron chi connectivity index (χ1n) is 8.20. The number of amides is 1. The van der Waals surface area contributed by atoms with Crippen LogP contribution >= 0.6 is 0 Å². The second-order valence-corrected chi connectivity index (χ2v) is 5.73. The molecule has 0 bridgehead atoms. The lowest BCUT2D eigenvalue weighted by Crippen LogP contribution is -2.50. The molecule has 2 N–H and O–H groups in total. The zero-order chi connectivity index (χ0) is 16.8. The highest BCUT2D eigenvalue weighted by molar-refractivity contribution is 5.95. The van der Waals surface area contributed by atoms with Gasteiger partial charge in [-0.25, -0.2) is 0 Å². The van der Waals surface area contributed by atoms with Crippen molar-refractivity contribution in [2.75, 3.05) is 13.2 Å². The first kappa shape index (κ1) is 16.6. The van der Waals surface area contributed by atoms with Gasteiger partial charge in [-0.2, -0.15) is 5.10 Å². The molecular formula is C17H22N4O3. The van der Waals surface area contributed by atoms with E-state index in [1.807, 2.05) is 25.1 Å². The number of carbonyl (C=O) groups excluding carboxylic acids is 1. The van der Waals surface area contributed by atoms with E-state index < -0.39 is 0 Å². The zero-order valence-electron chi connectivity index (χ0n) is 13.7. The molecule has 2 atom stereocenters. The summed E-state index contributed by atoms with van der Waals surface area (Å²) in [5.74, 6) is -0.150. The summed E-state index contributed by atoms with van der Waals surface area (Å²) in [6.45, 7) is 3.47. The second-order valence-electron chi connectivity index (χ2n) is 5.73. The van der Waals surface area contributed by atoms with E-state index in [1.165, 1.54) is 0 Å². The smallest absolute Gasteiger partial charge is 0.255 e. The minimum atomic E-state index is -0.186. The molecule has 2 aromatic rings. The van der Waals surface area contributed by atoms with Crippen LogP contribution in [0.5, 0.6) is 0 Å². The molecule has 1 aliphatic rings. The number of nitrogens with zero attached hydrogens (tertiary/aromatic N) is 2. The number of ether oxygens (including phenoxy) is 2. The van der Waals surface area contributed by atoms with Gasteiger partial charge in [-0.1, -0.05) is 13.0 Å². The Kier molecular flexibility index (Phi) is 5.55. The maximum Gasteiger partial charge on any atom is 0.255 e. The minimum Gasteiger partial charge on any atom is -0.379 e. The van der Waals surface area contributed by atoms with Crippen molar-refractivity contribution in [1.82, 2.24) is 20.5 Å². The van der Waals surface area contributed by atoms with Crippen LogP contribution in [0.25, 0.3) is 0 Å². The van der Waals surface area contributed by atoms with Crippen LogP contribution < -0.4 is 5.32 Å². The molecule has 0 saturated carbocycles. The summed E-state index contributed by atoms with van der Waals surface area (Å²) < 4.78 is 11.5. The first-order valence-corrected chi connectivity index (χ1v) is 8.20. The van der Waals surface area contributed by atoms with Crippen molar-refractivity contribution in [3.8, 4) is 0 Å². The fraction of sp³-hybridized carbons (Fsp3) is 0.471. The van der Waals surface area contributed by atoms with Gasteiger partial charge in [-0.3, -0.25) is 14.9 Å². The van der Waals surface area contributed by atoms with Gasteiger partial charge in [0, 0.05) is 18.5 Å².